The maximum atomic E-state index is 13.5. The Morgan fingerprint density at radius 1 is 1.21 bits per heavy atom. The molecule has 0 radical (unpaired) electrons. The van der Waals surface area contributed by atoms with Crippen LogP contribution in [-0.4, -0.2) is 51.9 Å². The predicted molar refractivity (Wildman–Crippen MR) is 119 cm³/mol. The Kier molecular flexibility index (Phi) is 5.25. The van der Waals surface area contributed by atoms with Crippen molar-refractivity contribution in [2.75, 3.05) is 16.8 Å². The molecule has 9 nitrogen and oxygen atoms in total. The van der Waals surface area contributed by atoms with Gasteiger partial charge in [-0.2, -0.15) is 0 Å². The van der Waals surface area contributed by atoms with Crippen LogP contribution in [0.25, 0.3) is 0 Å². The highest BCUT2D eigenvalue weighted by molar-refractivity contribution is 6.36. The van der Waals surface area contributed by atoms with Crippen LogP contribution >= 0.6 is 23.2 Å². The van der Waals surface area contributed by atoms with Crippen LogP contribution in [0.2, 0.25) is 10.0 Å². The molecule has 170 valence electrons. The fourth-order valence-corrected chi connectivity index (χ4v) is 4.86. The molecule has 3 amide bonds. The van der Waals surface area contributed by atoms with E-state index in [1.165, 1.54) is 22.1 Å². The third-order valence-corrected chi connectivity index (χ3v) is 6.43. The predicted octanol–water partition coefficient (Wildman–Crippen LogP) is 3.01. The third kappa shape index (κ3) is 3.52. The molecule has 0 unspecified atom stereocenters. The van der Waals surface area contributed by atoms with Crippen LogP contribution in [0.3, 0.4) is 0 Å². The summed E-state index contributed by atoms with van der Waals surface area (Å²) >= 11 is 11.8. The zero-order valence-corrected chi connectivity index (χ0v) is 18.7. The van der Waals surface area contributed by atoms with Gasteiger partial charge in [-0.15, -0.1) is 0 Å². The van der Waals surface area contributed by atoms with Gasteiger partial charge in [-0.3, -0.25) is 19.3 Å². The fraction of sp³-hybridized carbons (Fsp3) is 0.318. The van der Waals surface area contributed by atoms with Crippen molar-refractivity contribution in [1.82, 2.24) is 9.88 Å². The van der Waals surface area contributed by atoms with Crippen molar-refractivity contribution < 1.29 is 23.9 Å². The van der Waals surface area contributed by atoms with Crippen LogP contribution < -0.4 is 10.2 Å². The van der Waals surface area contributed by atoms with Crippen LogP contribution in [-0.2, 0) is 19.1 Å². The number of esters is 1. The molecule has 33 heavy (non-hydrogen) atoms. The van der Waals surface area contributed by atoms with Crippen LogP contribution in [0.4, 0.5) is 11.5 Å². The zero-order chi connectivity index (χ0) is 23.3. The molecule has 3 heterocycles. The smallest absolute Gasteiger partial charge is 0.354 e. The highest BCUT2D eigenvalue weighted by Crippen LogP contribution is 2.49. The fourth-order valence-electron chi connectivity index (χ4n) is 4.43. The van der Waals surface area contributed by atoms with Gasteiger partial charge in [0.1, 0.15) is 0 Å². The summed E-state index contributed by atoms with van der Waals surface area (Å²) < 4.78 is 5.37. The first-order chi connectivity index (χ1) is 15.8. The van der Waals surface area contributed by atoms with Gasteiger partial charge in [0, 0.05) is 25.1 Å². The van der Waals surface area contributed by atoms with Gasteiger partial charge in [-0.05, 0) is 31.0 Å². The zero-order valence-electron chi connectivity index (χ0n) is 17.2. The molecule has 1 aromatic heterocycles. The van der Waals surface area contributed by atoms with E-state index < -0.39 is 24.1 Å². The number of benzene rings is 1. The number of nitrogens with one attached hydrogen (secondary N) is 1. The summed E-state index contributed by atoms with van der Waals surface area (Å²) in [6, 6.07) is 7.95. The molecule has 11 heteroatoms. The van der Waals surface area contributed by atoms with E-state index >= 15 is 0 Å². The second-order valence-corrected chi connectivity index (χ2v) is 8.92. The highest BCUT2D eigenvalue weighted by Gasteiger charge is 2.64. The van der Waals surface area contributed by atoms with Crippen molar-refractivity contribution in [3.63, 3.8) is 0 Å². The van der Waals surface area contributed by atoms with Gasteiger partial charge in [0.2, 0.25) is 11.6 Å². The molecule has 1 N–H and O–H groups in total. The summed E-state index contributed by atoms with van der Waals surface area (Å²) in [4.78, 5) is 58.9. The van der Waals surface area contributed by atoms with E-state index in [9.17, 15) is 19.2 Å². The first-order valence-corrected chi connectivity index (χ1v) is 11.1. The molecule has 2 aliphatic heterocycles. The van der Waals surface area contributed by atoms with Crippen molar-refractivity contribution in [2.24, 2.45) is 0 Å². The van der Waals surface area contributed by atoms with Gasteiger partial charge in [0.05, 0.1) is 21.3 Å². The normalized spacial score (nSPS) is 21.5. The monoisotopic (exact) mass is 488 g/mol. The van der Waals surface area contributed by atoms with Crippen LogP contribution in [0, 0.1) is 0 Å². The summed E-state index contributed by atoms with van der Waals surface area (Å²) in [7, 11) is 0. The van der Waals surface area contributed by atoms with Crippen molar-refractivity contribution in [3.05, 3.63) is 52.1 Å². The molecule has 1 atom stereocenters. The number of ether oxygens (including phenoxy) is 1. The van der Waals surface area contributed by atoms with Gasteiger partial charge in [0.25, 0.3) is 11.8 Å². The number of anilines is 2. The summed E-state index contributed by atoms with van der Waals surface area (Å²) in [5.41, 5.74) is -0.870. The van der Waals surface area contributed by atoms with Crippen molar-refractivity contribution in [3.8, 4) is 0 Å². The minimum Gasteiger partial charge on any atom is -0.452 e. The Morgan fingerprint density at radius 2 is 1.97 bits per heavy atom. The number of aromatic nitrogens is 1. The van der Waals surface area contributed by atoms with Crippen molar-refractivity contribution in [1.29, 1.82) is 0 Å². The molecule has 0 bridgehead atoms. The van der Waals surface area contributed by atoms with Gasteiger partial charge < -0.3 is 15.0 Å². The number of carbonyl (C=O) groups is 4. The van der Waals surface area contributed by atoms with E-state index in [0.717, 1.165) is 12.8 Å². The molecular weight excluding hydrogens is 471 g/mol. The molecule has 2 fully saturated rings. The standard InChI is InChI=1S/C22H18Cl2N4O5/c23-12-9-15(24)19(25-10-12)26-17(29)11-33-21(32)22-8-7-18(30)28(22)16-4-2-1-3-14(16)20(31)27(22)13-5-6-13/h1-4,9-10,13H,5-8,11H2,(H,25,26,29)/t22-/m0/s1. The highest BCUT2D eigenvalue weighted by atomic mass is 35.5. The number of fused-ring (bicyclic) bond motifs is 3. The van der Waals surface area contributed by atoms with Gasteiger partial charge >= 0.3 is 5.97 Å². The first-order valence-electron chi connectivity index (χ1n) is 10.4. The number of hydrogen-bond acceptors (Lipinski definition) is 6. The third-order valence-electron chi connectivity index (χ3n) is 5.94. The number of carbonyl (C=O) groups excluding carboxylic acids is 4. The topological polar surface area (TPSA) is 109 Å². The molecule has 5 rings (SSSR count). The van der Waals surface area contributed by atoms with Gasteiger partial charge in [-0.1, -0.05) is 35.3 Å². The van der Waals surface area contributed by atoms with E-state index in [1.54, 1.807) is 24.3 Å². The molecule has 1 saturated heterocycles. The number of hydrogen-bond donors (Lipinski definition) is 1. The van der Waals surface area contributed by atoms with E-state index in [4.69, 9.17) is 27.9 Å². The summed E-state index contributed by atoms with van der Waals surface area (Å²) in [6.07, 6.45) is 2.94. The average molecular weight is 489 g/mol. The number of rotatable bonds is 5. The quantitative estimate of drug-likeness (QED) is 0.647. The maximum absolute atomic E-state index is 13.5. The van der Waals surface area contributed by atoms with Crippen LogP contribution in [0.5, 0.6) is 0 Å². The largest absolute Gasteiger partial charge is 0.452 e. The average Bonchev–Trinajstić information content (AvgIpc) is 3.56. The molecule has 2 aromatic rings. The molecule has 1 aromatic carbocycles. The first kappa shape index (κ1) is 21.7. The van der Waals surface area contributed by atoms with E-state index in [0.29, 0.717) is 16.3 Å². The summed E-state index contributed by atoms with van der Waals surface area (Å²) in [5, 5.41) is 2.88. The number of halogens is 2. The lowest BCUT2D eigenvalue weighted by Crippen LogP contribution is -2.69. The van der Waals surface area contributed by atoms with E-state index in [-0.39, 0.29) is 41.5 Å². The maximum Gasteiger partial charge on any atom is 0.354 e. The minimum atomic E-state index is -1.61. The lowest BCUT2D eigenvalue weighted by atomic mass is 9.96. The summed E-state index contributed by atoms with van der Waals surface area (Å²) in [5.74, 6) is -2.03. The SMILES string of the molecule is O=C(COC(=O)[C@]12CCC(=O)N1c1ccccc1C(=O)N2C1CC1)Nc1ncc(Cl)cc1Cl. The Hall–Kier alpha value is -3.17. The summed E-state index contributed by atoms with van der Waals surface area (Å²) in [6.45, 7) is -0.641. The molecule has 1 saturated carbocycles. The van der Waals surface area contributed by atoms with Crippen molar-refractivity contribution in [2.45, 2.75) is 37.4 Å². The number of para-hydroxylation sites is 1. The molecule has 3 aliphatic rings. The van der Waals surface area contributed by atoms with Gasteiger partial charge in [-0.25, -0.2) is 9.78 Å². The molecular formula is C22H18Cl2N4O5. The Bertz CT molecular complexity index is 1200. The molecule has 1 aliphatic carbocycles. The number of amides is 3. The van der Waals surface area contributed by atoms with Crippen molar-refractivity contribution >= 4 is 58.4 Å². The van der Waals surface area contributed by atoms with Crippen LogP contribution in [0.15, 0.2) is 36.5 Å². The van der Waals surface area contributed by atoms with E-state index in [2.05, 4.69) is 10.3 Å². The lowest BCUT2D eigenvalue weighted by molar-refractivity contribution is -0.159. The Morgan fingerprint density at radius 3 is 2.70 bits per heavy atom. The van der Waals surface area contributed by atoms with Crippen LogP contribution in [0.1, 0.15) is 36.0 Å². The lowest BCUT2D eigenvalue weighted by Gasteiger charge is -2.48. The second-order valence-electron chi connectivity index (χ2n) is 8.08. The Balaban J connectivity index is 1.41. The number of nitrogens with zero attached hydrogens (tertiary/aromatic N) is 3. The minimum absolute atomic E-state index is 0.0688. The Labute approximate surface area is 198 Å². The van der Waals surface area contributed by atoms with E-state index in [1.807, 2.05) is 0 Å². The van der Waals surface area contributed by atoms with Gasteiger partial charge in [0.15, 0.2) is 12.4 Å². The molecule has 0 spiro atoms. The number of pyridine rings is 1. The second kappa shape index (κ2) is 8.00.